The molecule has 0 saturated carbocycles. The summed E-state index contributed by atoms with van der Waals surface area (Å²) in [5.74, 6) is 1.81. The Kier molecular flexibility index (Phi) is 4.43. The summed E-state index contributed by atoms with van der Waals surface area (Å²) in [6, 6.07) is 14.3. The summed E-state index contributed by atoms with van der Waals surface area (Å²) in [6.45, 7) is 1.94. The summed E-state index contributed by atoms with van der Waals surface area (Å²) >= 11 is 0. The van der Waals surface area contributed by atoms with E-state index in [2.05, 4.69) is 44.3 Å². The third kappa shape index (κ3) is 3.39. The Morgan fingerprint density at radius 1 is 1.20 bits per heavy atom. The van der Waals surface area contributed by atoms with Gasteiger partial charge in [-0.3, -0.25) is 4.90 Å². The lowest BCUT2D eigenvalue weighted by Gasteiger charge is -2.21. The average molecular weight is 336 g/mol. The number of methoxy groups -OCH3 is 1. The van der Waals surface area contributed by atoms with E-state index in [4.69, 9.17) is 9.26 Å². The monoisotopic (exact) mass is 336 g/mol. The van der Waals surface area contributed by atoms with Crippen molar-refractivity contribution in [3.63, 3.8) is 0 Å². The zero-order chi connectivity index (χ0) is 17.1. The molecule has 1 atom stereocenters. The minimum Gasteiger partial charge on any atom is -0.481 e. The molecular formula is C19H20N4O2. The first kappa shape index (κ1) is 15.8. The first-order chi connectivity index (χ1) is 12.3. The van der Waals surface area contributed by atoms with Crippen LogP contribution in [0.1, 0.15) is 30.3 Å². The summed E-state index contributed by atoms with van der Waals surface area (Å²) in [4.78, 5) is 11.2. The SMILES string of the molecule is COc1ccc(-c2noc([C@H]3CCCN3Cc3ccccc3)n2)cn1. The van der Waals surface area contributed by atoms with Gasteiger partial charge < -0.3 is 9.26 Å². The number of hydrogen-bond donors (Lipinski definition) is 0. The molecule has 0 aliphatic carbocycles. The van der Waals surface area contributed by atoms with E-state index in [9.17, 15) is 0 Å². The van der Waals surface area contributed by atoms with Crippen molar-refractivity contribution in [3.05, 3.63) is 60.1 Å². The fourth-order valence-electron chi connectivity index (χ4n) is 3.23. The van der Waals surface area contributed by atoms with Gasteiger partial charge in [0.2, 0.25) is 17.6 Å². The predicted octanol–water partition coefficient (Wildman–Crippen LogP) is 3.48. The van der Waals surface area contributed by atoms with E-state index in [0.717, 1.165) is 31.5 Å². The van der Waals surface area contributed by atoms with Gasteiger partial charge >= 0.3 is 0 Å². The number of ether oxygens (including phenoxy) is 1. The van der Waals surface area contributed by atoms with Gasteiger partial charge in [-0.1, -0.05) is 35.5 Å². The lowest BCUT2D eigenvalue weighted by atomic mass is 10.2. The van der Waals surface area contributed by atoms with Crippen LogP contribution in [0.4, 0.5) is 0 Å². The van der Waals surface area contributed by atoms with Crippen molar-refractivity contribution in [2.75, 3.05) is 13.7 Å². The molecule has 0 radical (unpaired) electrons. The van der Waals surface area contributed by atoms with E-state index >= 15 is 0 Å². The van der Waals surface area contributed by atoms with Gasteiger partial charge in [-0.25, -0.2) is 4.98 Å². The Morgan fingerprint density at radius 3 is 2.84 bits per heavy atom. The van der Waals surface area contributed by atoms with Crippen LogP contribution in [0.3, 0.4) is 0 Å². The highest BCUT2D eigenvalue weighted by Crippen LogP contribution is 2.33. The van der Waals surface area contributed by atoms with Crippen LogP contribution in [0.2, 0.25) is 0 Å². The largest absolute Gasteiger partial charge is 0.481 e. The molecule has 2 aromatic heterocycles. The standard InChI is InChI=1S/C19H20N4O2/c1-24-17-10-9-15(12-20-17)18-21-19(25-22-18)16-8-5-11-23(16)13-14-6-3-2-4-7-14/h2-4,6-7,9-10,12,16H,5,8,11,13H2,1H3/t16-/m1/s1. The summed E-state index contributed by atoms with van der Waals surface area (Å²) < 4.78 is 10.6. The topological polar surface area (TPSA) is 64.3 Å². The average Bonchev–Trinajstić information content (AvgIpc) is 3.32. The van der Waals surface area contributed by atoms with Crippen molar-refractivity contribution in [2.24, 2.45) is 0 Å². The van der Waals surface area contributed by atoms with Gasteiger partial charge in [0, 0.05) is 24.4 Å². The lowest BCUT2D eigenvalue weighted by molar-refractivity contribution is 0.201. The third-order valence-electron chi connectivity index (χ3n) is 4.52. The van der Waals surface area contributed by atoms with Crippen molar-refractivity contribution >= 4 is 0 Å². The van der Waals surface area contributed by atoms with Crippen LogP contribution in [0, 0.1) is 0 Å². The molecule has 6 heteroatoms. The second kappa shape index (κ2) is 7.03. The maximum absolute atomic E-state index is 5.57. The Morgan fingerprint density at radius 2 is 2.08 bits per heavy atom. The second-order valence-electron chi connectivity index (χ2n) is 6.16. The molecule has 0 unspecified atom stereocenters. The van der Waals surface area contributed by atoms with Gasteiger partial charge in [0.25, 0.3) is 0 Å². The lowest BCUT2D eigenvalue weighted by Crippen LogP contribution is -2.22. The van der Waals surface area contributed by atoms with Gasteiger partial charge in [-0.05, 0) is 31.0 Å². The van der Waals surface area contributed by atoms with E-state index in [1.54, 1.807) is 19.4 Å². The molecule has 25 heavy (non-hydrogen) atoms. The quantitative estimate of drug-likeness (QED) is 0.711. The zero-order valence-electron chi connectivity index (χ0n) is 14.1. The van der Waals surface area contributed by atoms with Crippen LogP contribution in [-0.4, -0.2) is 33.7 Å². The van der Waals surface area contributed by atoms with Gasteiger partial charge in [0.1, 0.15) is 0 Å². The van der Waals surface area contributed by atoms with Crippen LogP contribution >= 0.6 is 0 Å². The van der Waals surface area contributed by atoms with Crippen LogP contribution < -0.4 is 4.74 Å². The van der Waals surface area contributed by atoms with E-state index in [-0.39, 0.29) is 6.04 Å². The third-order valence-corrected chi connectivity index (χ3v) is 4.52. The van der Waals surface area contributed by atoms with Gasteiger partial charge in [0.05, 0.1) is 13.2 Å². The molecule has 6 nitrogen and oxygen atoms in total. The summed E-state index contributed by atoms with van der Waals surface area (Å²) in [6.07, 6.45) is 3.87. The Labute approximate surface area is 146 Å². The number of rotatable bonds is 5. The smallest absolute Gasteiger partial charge is 0.244 e. The van der Waals surface area contributed by atoms with Crippen LogP contribution in [0.5, 0.6) is 5.88 Å². The Balaban J connectivity index is 1.52. The molecule has 128 valence electrons. The highest BCUT2D eigenvalue weighted by molar-refractivity contribution is 5.53. The molecule has 3 aromatic rings. The summed E-state index contributed by atoms with van der Waals surface area (Å²) in [7, 11) is 1.59. The second-order valence-corrected chi connectivity index (χ2v) is 6.16. The number of benzene rings is 1. The molecule has 0 spiro atoms. The van der Waals surface area contributed by atoms with E-state index in [0.29, 0.717) is 17.6 Å². The van der Waals surface area contributed by atoms with Gasteiger partial charge in [0.15, 0.2) is 0 Å². The van der Waals surface area contributed by atoms with E-state index < -0.39 is 0 Å². The Bertz CT molecular complexity index is 817. The fourth-order valence-corrected chi connectivity index (χ4v) is 3.23. The number of nitrogens with zero attached hydrogens (tertiary/aromatic N) is 4. The molecule has 1 aromatic carbocycles. The highest BCUT2D eigenvalue weighted by Gasteiger charge is 2.30. The maximum atomic E-state index is 5.57. The van der Waals surface area contributed by atoms with Crippen molar-refractivity contribution < 1.29 is 9.26 Å². The number of pyridine rings is 1. The van der Waals surface area contributed by atoms with Gasteiger partial charge in [-0.2, -0.15) is 4.98 Å². The van der Waals surface area contributed by atoms with Crippen molar-refractivity contribution in [1.29, 1.82) is 0 Å². The van der Waals surface area contributed by atoms with E-state index in [1.807, 2.05) is 12.1 Å². The van der Waals surface area contributed by atoms with Gasteiger partial charge in [-0.15, -0.1) is 0 Å². The van der Waals surface area contributed by atoms with Crippen LogP contribution in [0.25, 0.3) is 11.4 Å². The summed E-state index contributed by atoms with van der Waals surface area (Å²) in [5, 5.41) is 4.13. The molecule has 4 rings (SSSR count). The molecule has 0 amide bonds. The zero-order valence-corrected chi connectivity index (χ0v) is 14.1. The molecule has 1 fully saturated rings. The normalized spacial score (nSPS) is 17.7. The van der Waals surface area contributed by atoms with Crippen molar-refractivity contribution in [2.45, 2.75) is 25.4 Å². The number of likely N-dealkylation sites (tertiary alicyclic amines) is 1. The first-order valence-electron chi connectivity index (χ1n) is 8.45. The first-order valence-corrected chi connectivity index (χ1v) is 8.45. The Hall–Kier alpha value is -2.73. The molecule has 3 heterocycles. The summed E-state index contributed by atoms with van der Waals surface area (Å²) in [5.41, 5.74) is 2.12. The molecule has 1 aliphatic rings. The maximum Gasteiger partial charge on any atom is 0.244 e. The van der Waals surface area contributed by atoms with Crippen LogP contribution in [-0.2, 0) is 6.54 Å². The molecular weight excluding hydrogens is 316 g/mol. The fraction of sp³-hybridized carbons (Fsp3) is 0.316. The van der Waals surface area contributed by atoms with Crippen molar-refractivity contribution in [3.8, 4) is 17.3 Å². The highest BCUT2D eigenvalue weighted by atomic mass is 16.5. The number of hydrogen-bond acceptors (Lipinski definition) is 6. The molecule has 1 aliphatic heterocycles. The van der Waals surface area contributed by atoms with Crippen LogP contribution in [0.15, 0.2) is 53.2 Å². The van der Waals surface area contributed by atoms with Crippen molar-refractivity contribution in [1.82, 2.24) is 20.0 Å². The molecule has 1 saturated heterocycles. The minimum atomic E-state index is 0.174. The van der Waals surface area contributed by atoms with E-state index in [1.165, 1.54) is 5.56 Å². The number of aromatic nitrogens is 3. The predicted molar refractivity (Wildman–Crippen MR) is 92.9 cm³/mol. The molecule has 0 bridgehead atoms. The molecule has 0 N–H and O–H groups in total. The minimum absolute atomic E-state index is 0.174.